The molecule has 1 fully saturated rings. The maximum absolute atomic E-state index is 13.1. The minimum absolute atomic E-state index is 0.0294. The molecule has 1 aromatic heterocycles. The molecule has 7 heteroatoms. The van der Waals surface area contributed by atoms with E-state index in [1.54, 1.807) is 53.1 Å². The fourth-order valence-electron chi connectivity index (χ4n) is 3.86. The van der Waals surface area contributed by atoms with E-state index in [1.165, 1.54) is 0 Å². The third kappa shape index (κ3) is 3.89. The molecular weight excluding hydrogens is 398 g/mol. The summed E-state index contributed by atoms with van der Waals surface area (Å²) in [4.78, 5) is 27.2. The van der Waals surface area contributed by atoms with Crippen LogP contribution in [-0.2, 0) is 17.5 Å². The molecule has 0 bridgehead atoms. The predicted octanol–water partition coefficient (Wildman–Crippen LogP) is 3.88. The van der Waals surface area contributed by atoms with E-state index in [4.69, 9.17) is 0 Å². The Bertz CT molecular complexity index is 1210. The lowest BCUT2D eigenvalue weighted by Crippen LogP contribution is -2.26. The van der Waals surface area contributed by atoms with Gasteiger partial charge in [0, 0.05) is 48.2 Å². The lowest BCUT2D eigenvalue weighted by atomic mass is 10.0. The summed E-state index contributed by atoms with van der Waals surface area (Å²) in [6.07, 6.45) is 3.74. The number of carbonyl (C=O) groups is 1. The first-order chi connectivity index (χ1) is 14.4. The zero-order valence-electron chi connectivity index (χ0n) is 17.3. The van der Waals surface area contributed by atoms with Gasteiger partial charge in [-0.3, -0.25) is 9.59 Å². The van der Waals surface area contributed by atoms with Gasteiger partial charge in [0.25, 0.3) is 11.5 Å². The zero-order valence-corrected chi connectivity index (χ0v) is 18.2. The van der Waals surface area contributed by atoms with Gasteiger partial charge in [-0.1, -0.05) is 6.07 Å². The molecule has 0 saturated heterocycles. The van der Waals surface area contributed by atoms with Crippen LogP contribution >= 0.6 is 0 Å². The molecule has 1 N–H and O–H groups in total. The fourth-order valence-corrected chi connectivity index (χ4v) is 4.32. The highest BCUT2D eigenvalue weighted by Crippen LogP contribution is 2.43. The van der Waals surface area contributed by atoms with Crippen LogP contribution in [0, 0.1) is 0 Å². The first-order valence-electron chi connectivity index (χ1n) is 10.0. The van der Waals surface area contributed by atoms with Gasteiger partial charge in [-0.05, 0) is 67.6 Å². The quantitative estimate of drug-likeness (QED) is 0.654. The largest absolute Gasteiger partial charge is 0.311 e. The van der Waals surface area contributed by atoms with Crippen LogP contribution in [0.4, 0.5) is 11.4 Å². The van der Waals surface area contributed by atoms with Crippen molar-refractivity contribution in [1.29, 1.82) is 0 Å². The number of nitrogens with zero attached hydrogens (tertiary/aromatic N) is 2. The van der Waals surface area contributed by atoms with E-state index < -0.39 is 11.0 Å². The Labute approximate surface area is 178 Å². The number of benzene rings is 2. The summed E-state index contributed by atoms with van der Waals surface area (Å²) in [5.41, 5.74) is 3.94. The van der Waals surface area contributed by atoms with E-state index in [-0.39, 0.29) is 11.5 Å². The number of aryl methyl sites for hydroxylation is 1. The van der Waals surface area contributed by atoms with Crippen molar-refractivity contribution in [1.82, 2.24) is 4.57 Å². The van der Waals surface area contributed by atoms with Gasteiger partial charge in [0.05, 0.1) is 5.52 Å². The minimum atomic E-state index is -1.21. The fraction of sp³-hybridized carbons (Fsp3) is 0.304. The highest BCUT2D eigenvalue weighted by Gasteiger charge is 2.27. The van der Waals surface area contributed by atoms with Crippen molar-refractivity contribution >= 4 is 39.2 Å². The second-order valence-electron chi connectivity index (χ2n) is 7.66. The molecule has 6 nitrogen and oxygen atoms in total. The number of fused-ring (bicyclic) bond motifs is 1. The highest BCUT2D eigenvalue weighted by molar-refractivity contribution is 7.85. The van der Waals surface area contributed by atoms with Crippen molar-refractivity contribution < 1.29 is 9.00 Å². The molecule has 0 radical (unpaired) electrons. The monoisotopic (exact) mass is 423 g/mol. The smallest absolute Gasteiger partial charge is 0.258 e. The molecule has 1 atom stereocenters. The normalized spacial score (nSPS) is 14.5. The number of anilines is 2. The number of carbonyl (C=O) groups excluding carboxylic acids is 1. The number of pyridine rings is 1. The Balaban J connectivity index is 1.73. The van der Waals surface area contributed by atoms with Crippen molar-refractivity contribution in [2.45, 2.75) is 32.2 Å². The SMILES string of the molecule is CCn1c(=O)cc(C2CC2)c2cc(N(C)C(=O)c3cccc(NS(C)=O)c3)ccc21. The van der Waals surface area contributed by atoms with E-state index in [2.05, 4.69) is 4.72 Å². The first-order valence-corrected chi connectivity index (χ1v) is 11.6. The van der Waals surface area contributed by atoms with Gasteiger partial charge in [0.15, 0.2) is 0 Å². The van der Waals surface area contributed by atoms with Crippen molar-refractivity contribution in [3.05, 3.63) is 70.0 Å². The van der Waals surface area contributed by atoms with Crippen molar-refractivity contribution in [2.75, 3.05) is 22.9 Å². The number of hydrogen-bond acceptors (Lipinski definition) is 3. The maximum atomic E-state index is 13.1. The molecule has 1 aliphatic rings. The number of rotatable bonds is 6. The van der Waals surface area contributed by atoms with Crippen molar-refractivity contribution in [2.24, 2.45) is 0 Å². The van der Waals surface area contributed by atoms with E-state index >= 15 is 0 Å². The average Bonchev–Trinajstić information content (AvgIpc) is 3.57. The van der Waals surface area contributed by atoms with Gasteiger partial charge in [-0.15, -0.1) is 0 Å². The minimum Gasteiger partial charge on any atom is -0.311 e. The van der Waals surface area contributed by atoms with E-state index in [0.717, 1.165) is 35.0 Å². The van der Waals surface area contributed by atoms with Crippen LogP contribution in [0.3, 0.4) is 0 Å². The Morgan fingerprint density at radius 2 is 1.97 bits per heavy atom. The summed E-state index contributed by atoms with van der Waals surface area (Å²) < 4.78 is 16.0. The molecule has 30 heavy (non-hydrogen) atoms. The Hall–Kier alpha value is -2.93. The Morgan fingerprint density at radius 3 is 2.63 bits per heavy atom. The summed E-state index contributed by atoms with van der Waals surface area (Å²) in [7, 11) is 0.534. The van der Waals surface area contributed by atoms with Crippen LogP contribution in [0.1, 0.15) is 41.6 Å². The lowest BCUT2D eigenvalue weighted by Gasteiger charge is -2.20. The molecule has 156 valence electrons. The van der Waals surface area contributed by atoms with E-state index in [0.29, 0.717) is 23.7 Å². The zero-order chi connectivity index (χ0) is 21.4. The molecular formula is C23H25N3O3S. The number of amides is 1. The van der Waals surface area contributed by atoms with E-state index in [9.17, 15) is 13.8 Å². The second-order valence-corrected chi connectivity index (χ2v) is 8.77. The molecule has 1 unspecified atom stereocenters. The molecule has 1 amide bonds. The standard InChI is InChI=1S/C23H25N3O3S/c1-4-26-21-11-10-18(13-20(21)19(14-22(26)27)15-8-9-15)25(2)23(28)16-6-5-7-17(12-16)24-30(3)29/h5-7,10-15,24H,4,8-9H2,1-3H3. The molecule has 3 aromatic rings. The molecule has 2 aromatic carbocycles. The van der Waals surface area contributed by atoms with Gasteiger partial charge in [-0.2, -0.15) is 0 Å². The summed E-state index contributed by atoms with van der Waals surface area (Å²) >= 11 is 0. The molecule has 1 saturated carbocycles. The summed E-state index contributed by atoms with van der Waals surface area (Å²) in [6, 6.07) is 14.6. The molecule has 1 heterocycles. The molecule has 0 spiro atoms. The van der Waals surface area contributed by atoms with Gasteiger partial charge in [0.1, 0.15) is 11.0 Å². The molecule has 1 aliphatic carbocycles. The third-order valence-corrected chi connectivity index (χ3v) is 6.05. The van der Waals surface area contributed by atoms with Crippen LogP contribution in [0.15, 0.2) is 53.3 Å². The van der Waals surface area contributed by atoms with Gasteiger partial charge in [0.2, 0.25) is 0 Å². The summed E-state index contributed by atoms with van der Waals surface area (Å²) in [6.45, 7) is 2.57. The molecule has 0 aliphatic heterocycles. The third-order valence-electron chi connectivity index (χ3n) is 5.52. The Morgan fingerprint density at radius 1 is 1.20 bits per heavy atom. The van der Waals surface area contributed by atoms with Crippen LogP contribution in [0.5, 0.6) is 0 Å². The van der Waals surface area contributed by atoms with Gasteiger partial charge < -0.3 is 14.2 Å². The maximum Gasteiger partial charge on any atom is 0.258 e. The number of nitrogens with one attached hydrogen (secondary N) is 1. The highest BCUT2D eigenvalue weighted by atomic mass is 32.2. The van der Waals surface area contributed by atoms with Crippen molar-refractivity contribution in [3.63, 3.8) is 0 Å². The molecule has 4 rings (SSSR count). The van der Waals surface area contributed by atoms with E-state index in [1.807, 2.05) is 25.1 Å². The van der Waals surface area contributed by atoms with Crippen LogP contribution in [0.2, 0.25) is 0 Å². The van der Waals surface area contributed by atoms with Gasteiger partial charge in [-0.25, -0.2) is 4.21 Å². The number of hydrogen-bond donors (Lipinski definition) is 1. The van der Waals surface area contributed by atoms with Crippen LogP contribution in [-0.4, -0.2) is 28.0 Å². The topological polar surface area (TPSA) is 71.4 Å². The number of aromatic nitrogens is 1. The summed E-state index contributed by atoms with van der Waals surface area (Å²) in [5.74, 6) is 0.275. The van der Waals surface area contributed by atoms with Crippen molar-refractivity contribution in [3.8, 4) is 0 Å². The Kier molecular flexibility index (Phi) is 5.47. The average molecular weight is 424 g/mol. The van der Waals surface area contributed by atoms with Crippen LogP contribution < -0.4 is 15.2 Å². The van der Waals surface area contributed by atoms with Gasteiger partial charge >= 0.3 is 0 Å². The second kappa shape index (κ2) is 8.07. The summed E-state index contributed by atoms with van der Waals surface area (Å²) in [5, 5.41) is 1.04. The predicted molar refractivity (Wildman–Crippen MR) is 123 cm³/mol. The van der Waals surface area contributed by atoms with Crippen LogP contribution in [0.25, 0.3) is 10.9 Å². The lowest BCUT2D eigenvalue weighted by molar-refractivity contribution is 0.0993. The first kappa shape index (κ1) is 20.3.